The van der Waals surface area contributed by atoms with Crippen LogP contribution in [0.4, 0.5) is 0 Å². The minimum Gasteiger partial charge on any atom is -0.207 e. The van der Waals surface area contributed by atoms with Crippen LogP contribution < -0.4 is 0 Å². The second-order valence-electron chi connectivity index (χ2n) is 4.49. The Bertz CT molecular complexity index is 562. The Morgan fingerprint density at radius 2 is 1.95 bits per heavy atom. The first kappa shape index (κ1) is 17.0. The van der Waals surface area contributed by atoms with Crippen molar-refractivity contribution in [2.24, 2.45) is 0 Å². The summed E-state index contributed by atoms with van der Waals surface area (Å²) < 4.78 is 26.3. The molecule has 0 aliphatic heterocycles. The predicted octanol–water partition coefficient (Wildman–Crippen LogP) is 2.71. The molecule has 0 heterocycles. The molecule has 0 aliphatic carbocycles. The lowest BCUT2D eigenvalue weighted by molar-refractivity contribution is 0.382. The molecule has 6 heteroatoms. The van der Waals surface area contributed by atoms with E-state index < -0.39 is 10.0 Å². The number of nitriles is 1. The number of hydrogen-bond acceptors (Lipinski definition) is 4. The average molecular weight is 312 g/mol. The van der Waals surface area contributed by atoms with Gasteiger partial charge in [-0.2, -0.15) is 21.3 Å². The number of thioether (sulfide) groups is 1. The van der Waals surface area contributed by atoms with E-state index in [2.05, 4.69) is 6.92 Å². The van der Waals surface area contributed by atoms with E-state index in [1.807, 2.05) is 24.8 Å². The van der Waals surface area contributed by atoms with Gasteiger partial charge in [0, 0.05) is 13.1 Å². The normalized spacial score (nSPS) is 13.2. The number of sulfonamides is 1. The van der Waals surface area contributed by atoms with E-state index in [0.29, 0.717) is 5.56 Å². The molecular formula is C14H20N2O2S2. The van der Waals surface area contributed by atoms with Gasteiger partial charge in [0.1, 0.15) is 0 Å². The Labute approximate surface area is 125 Å². The molecule has 4 nitrogen and oxygen atoms in total. The van der Waals surface area contributed by atoms with E-state index >= 15 is 0 Å². The average Bonchev–Trinajstić information content (AvgIpc) is 2.46. The van der Waals surface area contributed by atoms with Gasteiger partial charge in [0.25, 0.3) is 0 Å². The third-order valence-electron chi connectivity index (χ3n) is 3.17. The SMILES string of the molecule is CCSCC[C@H](C)N(C)S(=O)(=O)c1ccc(C#N)cc1. The highest BCUT2D eigenvalue weighted by Crippen LogP contribution is 2.19. The van der Waals surface area contributed by atoms with Crippen LogP contribution in [0.25, 0.3) is 0 Å². The van der Waals surface area contributed by atoms with Gasteiger partial charge >= 0.3 is 0 Å². The number of rotatable bonds is 7. The largest absolute Gasteiger partial charge is 0.243 e. The van der Waals surface area contributed by atoms with Crippen molar-refractivity contribution in [2.75, 3.05) is 18.6 Å². The van der Waals surface area contributed by atoms with Gasteiger partial charge in [-0.1, -0.05) is 6.92 Å². The highest BCUT2D eigenvalue weighted by molar-refractivity contribution is 7.99. The molecule has 1 aromatic carbocycles. The molecule has 110 valence electrons. The van der Waals surface area contributed by atoms with E-state index in [4.69, 9.17) is 5.26 Å². The second-order valence-corrected chi connectivity index (χ2v) is 7.88. The van der Waals surface area contributed by atoms with Gasteiger partial charge in [-0.3, -0.25) is 0 Å². The summed E-state index contributed by atoms with van der Waals surface area (Å²) in [6.45, 7) is 4.00. The zero-order chi connectivity index (χ0) is 15.2. The lowest BCUT2D eigenvalue weighted by Crippen LogP contribution is -2.35. The fourth-order valence-corrected chi connectivity index (χ4v) is 3.87. The number of nitrogens with zero attached hydrogens (tertiary/aromatic N) is 2. The van der Waals surface area contributed by atoms with E-state index in [-0.39, 0.29) is 10.9 Å². The predicted molar refractivity (Wildman–Crippen MR) is 83.2 cm³/mol. The Morgan fingerprint density at radius 3 is 2.45 bits per heavy atom. The first-order chi connectivity index (χ1) is 9.43. The van der Waals surface area contributed by atoms with Gasteiger partial charge in [-0.15, -0.1) is 0 Å². The monoisotopic (exact) mass is 312 g/mol. The maximum absolute atomic E-state index is 12.4. The summed E-state index contributed by atoms with van der Waals surface area (Å²) in [4.78, 5) is 0.231. The molecule has 0 radical (unpaired) electrons. The molecule has 0 N–H and O–H groups in total. The molecule has 0 aromatic heterocycles. The molecule has 0 aliphatic rings. The molecule has 0 saturated heterocycles. The zero-order valence-corrected chi connectivity index (χ0v) is 13.7. The first-order valence-electron chi connectivity index (χ1n) is 6.49. The maximum Gasteiger partial charge on any atom is 0.243 e. The van der Waals surface area contributed by atoms with Crippen molar-refractivity contribution in [3.8, 4) is 6.07 Å². The molecule has 0 fully saturated rings. The summed E-state index contributed by atoms with van der Waals surface area (Å²) in [5.74, 6) is 1.99. The van der Waals surface area contributed by atoms with Crippen molar-refractivity contribution in [1.29, 1.82) is 5.26 Å². The van der Waals surface area contributed by atoms with Crippen molar-refractivity contribution in [3.05, 3.63) is 29.8 Å². The van der Waals surface area contributed by atoms with Crippen LogP contribution in [0.15, 0.2) is 29.2 Å². The van der Waals surface area contributed by atoms with Gasteiger partial charge in [-0.05, 0) is 49.1 Å². The van der Waals surface area contributed by atoms with Crippen LogP contribution in [-0.4, -0.2) is 37.3 Å². The summed E-state index contributed by atoms with van der Waals surface area (Å²) in [6.07, 6.45) is 0.824. The van der Waals surface area contributed by atoms with Gasteiger partial charge in [0.2, 0.25) is 10.0 Å². The Morgan fingerprint density at radius 1 is 1.35 bits per heavy atom. The van der Waals surface area contributed by atoms with E-state index in [0.717, 1.165) is 17.9 Å². The summed E-state index contributed by atoms with van der Waals surface area (Å²) in [6, 6.07) is 7.95. The van der Waals surface area contributed by atoms with E-state index in [9.17, 15) is 8.42 Å². The smallest absolute Gasteiger partial charge is 0.207 e. The summed E-state index contributed by atoms with van der Waals surface area (Å²) in [5.41, 5.74) is 0.457. The molecule has 0 spiro atoms. The molecule has 0 amide bonds. The molecule has 0 saturated carbocycles. The third-order valence-corrected chi connectivity index (χ3v) is 6.08. The molecule has 20 heavy (non-hydrogen) atoms. The van der Waals surface area contributed by atoms with Crippen LogP contribution in [0.1, 0.15) is 25.8 Å². The molecular weight excluding hydrogens is 292 g/mol. The van der Waals surface area contributed by atoms with Gasteiger partial charge in [0.15, 0.2) is 0 Å². The second kappa shape index (κ2) is 7.67. The fraction of sp³-hybridized carbons (Fsp3) is 0.500. The Hall–Kier alpha value is -1.03. The standard InChI is InChI=1S/C14H20N2O2S2/c1-4-19-10-9-12(2)16(3)20(17,18)14-7-5-13(11-15)6-8-14/h5-8,12H,4,9-10H2,1-3H3/t12-/m0/s1. The Balaban J connectivity index is 2.83. The van der Waals surface area contributed by atoms with Crippen molar-refractivity contribution < 1.29 is 8.42 Å². The highest BCUT2D eigenvalue weighted by atomic mass is 32.2. The van der Waals surface area contributed by atoms with Crippen molar-refractivity contribution in [3.63, 3.8) is 0 Å². The Kier molecular flexibility index (Phi) is 6.53. The third kappa shape index (κ3) is 4.23. The summed E-state index contributed by atoms with van der Waals surface area (Å²) >= 11 is 1.81. The zero-order valence-electron chi connectivity index (χ0n) is 12.0. The molecule has 1 aromatic rings. The van der Waals surface area contributed by atoms with Crippen molar-refractivity contribution in [2.45, 2.75) is 31.2 Å². The van der Waals surface area contributed by atoms with Crippen molar-refractivity contribution in [1.82, 2.24) is 4.31 Å². The first-order valence-corrected chi connectivity index (χ1v) is 9.09. The van der Waals surface area contributed by atoms with Crippen LogP contribution >= 0.6 is 11.8 Å². The number of hydrogen-bond donors (Lipinski definition) is 0. The van der Waals surface area contributed by atoms with E-state index in [1.165, 1.54) is 28.6 Å². The lowest BCUT2D eigenvalue weighted by atomic mass is 10.2. The lowest BCUT2D eigenvalue weighted by Gasteiger charge is -2.24. The van der Waals surface area contributed by atoms with Crippen LogP contribution in [0.3, 0.4) is 0 Å². The molecule has 1 rings (SSSR count). The van der Waals surface area contributed by atoms with Crippen LogP contribution in [-0.2, 0) is 10.0 Å². The molecule has 1 atom stereocenters. The quantitative estimate of drug-likeness (QED) is 0.726. The van der Waals surface area contributed by atoms with Crippen LogP contribution in [0, 0.1) is 11.3 Å². The minimum absolute atomic E-state index is 0.0466. The van der Waals surface area contributed by atoms with Gasteiger partial charge in [0.05, 0.1) is 16.5 Å². The molecule has 0 unspecified atom stereocenters. The van der Waals surface area contributed by atoms with Gasteiger partial charge < -0.3 is 0 Å². The van der Waals surface area contributed by atoms with E-state index in [1.54, 1.807) is 7.05 Å². The van der Waals surface area contributed by atoms with Crippen LogP contribution in [0.5, 0.6) is 0 Å². The maximum atomic E-state index is 12.4. The fourth-order valence-electron chi connectivity index (χ4n) is 1.68. The highest BCUT2D eigenvalue weighted by Gasteiger charge is 2.24. The topological polar surface area (TPSA) is 61.2 Å². The van der Waals surface area contributed by atoms with Crippen LogP contribution in [0.2, 0.25) is 0 Å². The van der Waals surface area contributed by atoms with Crippen molar-refractivity contribution >= 4 is 21.8 Å². The van der Waals surface area contributed by atoms with Gasteiger partial charge in [-0.25, -0.2) is 8.42 Å². The molecule has 0 bridgehead atoms. The number of benzene rings is 1. The summed E-state index contributed by atoms with van der Waals surface area (Å²) in [5, 5.41) is 8.74. The minimum atomic E-state index is -3.49. The summed E-state index contributed by atoms with van der Waals surface area (Å²) in [7, 11) is -1.88.